The van der Waals surface area contributed by atoms with Gasteiger partial charge < -0.3 is 10.1 Å². The van der Waals surface area contributed by atoms with Gasteiger partial charge in [0.25, 0.3) is 5.91 Å². The van der Waals surface area contributed by atoms with Crippen molar-refractivity contribution in [3.05, 3.63) is 64.7 Å². The molecule has 0 aliphatic carbocycles. The van der Waals surface area contributed by atoms with Gasteiger partial charge in [-0.25, -0.2) is 0 Å². The van der Waals surface area contributed by atoms with Gasteiger partial charge in [0.1, 0.15) is 0 Å². The van der Waals surface area contributed by atoms with Crippen LogP contribution in [0.2, 0.25) is 0 Å². The first-order chi connectivity index (χ1) is 12.0. The van der Waals surface area contributed by atoms with Crippen LogP contribution in [-0.2, 0) is 20.9 Å². The monoisotopic (exact) mass is 357 g/mol. The molecule has 0 radical (unpaired) electrons. The number of thioether (sulfide) groups is 1. The zero-order chi connectivity index (χ0) is 18.2. The van der Waals surface area contributed by atoms with E-state index >= 15 is 0 Å². The molecule has 0 aliphatic rings. The Labute approximate surface area is 153 Å². The van der Waals surface area contributed by atoms with Crippen molar-refractivity contribution >= 4 is 23.6 Å². The second kappa shape index (κ2) is 9.28. The van der Waals surface area contributed by atoms with Crippen LogP contribution in [0.25, 0.3) is 0 Å². The molecular weight excluding hydrogens is 334 g/mol. The van der Waals surface area contributed by atoms with E-state index < -0.39 is 5.97 Å². The molecule has 0 unspecified atom stereocenters. The largest absolute Gasteiger partial charge is 0.455 e. The molecule has 0 bridgehead atoms. The lowest BCUT2D eigenvalue weighted by Crippen LogP contribution is -2.28. The lowest BCUT2D eigenvalue weighted by atomic mass is 10.1. The lowest BCUT2D eigenvalue weighted by Gasteiger charge is -2.09. The molecule has 1 N–H and O–H groups in total. The molecule has 25 heavy (non-hydrogen) atoms. The summed E-state index contributed by atoms with van der Waals surface area (Å²) >= 11 is 1.43. The van der Waals surface area contributed by atoms with Crippen LogP contribution in [0.5, 0.6) is 0 Å². The van der Waals surface area contributed by atoms with Gasteiger partial charge in [-0.1, -0.05) is 42.0 Å². The minimum absolute atomic E-state index is 0.190. The summed E-state index contributed by atoms with van der Waals surface area (Å²) in [5, 5.41) is 2.76. The lowest BCUT2D eigenvalue weighted by molar-refractivity contribution is -0.145. The van der Waals surface area contributed by atoms with E-state index in [-0.39, 0.29) is 18.3 Å². The topological polar surface area (TPSA) is 55.4 Å². The maximum absolute atomic E-state index is 11.8. The van der Waals surface area contributed by atoms with E-state index in [1.165, 1.54) is 11.8 Å². The number of rotatable bonds is 7. The molecule has 132 valence electrons. The molecule has 1 amide bonds. The first kappa shape index (κ1) is 19.1. The summed E-state index contributed by atoms with van der Waals surface area (Å²) in [5.74, 6) is -0.500. The van der Waals surface area contributed by atoms with Crippen LogP contribution >= 0.6 is 11.8 Å². The third kappa shape index (κ3) is 6.27. The summed E-state index contributed by atoms with van der Waals surface area (Å²) in [5.41, 5.74) is 4.44. The highest BCUT2D eigenvalue weighted by atomic mass is 32.2. The Morgan fingerprint density at radius 3 is 2.56 bits per heavy atom. The molecule has 2 aromatic rings. The van der Waals surface area contributed by atoms with E-state index in [0.29, 0.717) is 6.54 Å². The summed E-state index contributed by atoms with van der Waals surface area (Å²) in [6, 6.07) is 13.9. The van der Waals surface area contributed by atoms with Crippen molar-refractivity contribution in [2.24, 2.45) is 0 Å². The molecule has 0 heterocycles. The summed E-state index contributed by atoms with van der Waals surface area (Å²) < 4.78 is 5.04. The molecule has 0 saturated carbocycles. The number of esters is 1. The van der Waals surface area contributed by atoms with Gasteiger partial charge in [-0.05, 0) is 43.5 Å². The maximum atomic E-state index is 11.8. The molecule has 0 aromatic heterocycles. The van der Waals surface area contributed by atoms with Crippen molar-refractivity contribution in [1.29, 1.82) is 0 Å². The fourth-order valence-electron chi connectivity index (χ4n) is 2.24. The first-order valence-electron chi connectivity index (χ1n) is 8.12. The van der Waals surface area contributed by atoms with Gasteiger partial charge in [0.05, 0.1) is 5.75 Å². The third-order valence-electron chi connectivity index (χ3n) is 3.79. The van der Waals surface area contributed by atoms with Crippen molar-refractivity contribution in [3.8, 4) is 0 Å². The third-order valence-corrected chi connectivity index (χ3v) is 4.92. The molecule has 0 fully saturated rings. The zero-order valence-electron chi connectivity index (χ0n) is 14.8. The molecule has 2 aromatic carbocycles. The van der Waals surface area contributed by atoms with E-state index in [1.807, 2.05) is 63.2 Å². The van der Waals surface area contributed by atoms with Crippen molar-refractivity contribution in [2.45, 2.75) is 32.2 Å². The summed E-state index contributed by atoms with van der Waals surface area (Å²) in [6.07, 6.45) is 0. The average molecular weight is 357 g/mol. The van der Waals surface area contributed by atoms with Crippen LogP contribution in [0, 0.1) is 20.8 Å². The molecule has 0 saturated heterocycles. The van der Waals surface area contributed by atoms with Crippen molar-refractivity contribution < 1.29 is 14.3 Å². The van der Waals surface area contributed by atoms with Crippen molar-refractivity contribution in [2.75, 3.05) is 12.4 Å². The number of benzene rings is 2. The maximum Gasteiger partial charge on any atom is 0.316 e. The summed E-state index contributed by atoms with van der Waals surface area (Å²) in [4.78, 5) is 24.7. The van der Waals surface area contributed by atoms with E-state index in [9.17, 15) is 9.59 Å². The Morgan fingerprint density at radius 1 is 1.04 bits per heavy atom. The van der Waals surface area contributed by atoms with Crippen molar-refractivity contribution in [1.82, 2.24) is 5.32 Å². The number of carbonyl (C=O) groups excluding carboxylic acids is 2. The minimum Gasteiger partial charge on any atom is -0.455 e. The standard InChI is InChI=1S/C20H23NO3S/c1-14-8-9-16(3)18(10-14)25-13-20(23)24-12-19(22)21-11-17-7-5-4-6-15(17)2/h4-10H,11-13H2,1-3H3,(H,21,22). The molecule has 5 heteroatoms. The van der Waals surface area contributed by atoms with E-state index in [0.717, 1.165) is 27.1 Å². The molecule has 0 atom stereocenters. The predicted octanol–water partition coefficient (Wildman–Crippen LogP) is 3.56. The van der Waals surface area contributed by atoms with E-state index in [2.05, 4.69) is 5.32 Å². The number of hydrogen-bond acceptors (Lipinski definition) is 4. The Kier molecular flexibility index (Phi) is 7.07. The van der Waals surface area contributed by atoms with Crippen LogP contribution < -0.4 is 5.32 Å². The number of carbonyl (C=O) groups is 2. The van der Waals surface area contributed by atoms with Crippen LogP contribution in [-0.4, -0.2) is 24.2 Å². The predicted molar refractivity (Wildman–Crippen MR) is 101 cm³/mol. The summed E-state index contributed by atoms with van der Waals surface area (Å²) in [6.45, 7) is 6.19. The van der Waals surface area contributed by atoms with Crippen molar-refractivity contribution in [3.63, 3.8) is 0 Å². The zero-order valence-corrected chi connectivity index (χ0v) is 15.6. The molecule has 2 rings (SSSR count). The van der Waals surface area contributed by atoms with Gasteiger partial charge in [0.15, 0.2) is 6.61 Å². The number of aryl methyl sites for hydroxylation is 3. The highest BCUT2D eigenvalue weighted by Gasteiger charge is 2.10. The Hall–Kier alpha value is -2.27. The summed E-state index contributed by atoms with van der Waals surface area (Å²) in [7, 11) is 0. The second-order valence-corrected chi connectivity index (χ2v) is 6.94. The Bertz CT molecular complexity index is 758. The van der Waals surface area contributed by atoms with Crippen LogP contribution in [0.4, 0.5) is 0 Å². The van der Waals surface area contributed by atoms with Gasteiger partial charge in [-0.3, -0.25) is 9.59 Å². The highest BCUT2D eigenvalue weighted by Crippen LogP contribution is 2.23. The average Bonchev–Trinajstić information content (AvgIpc) is 2.60. The van der Waals surface area contributed by atoms with Crippen LogP contribution in [0.1, 0.15) is 22.3 Å². The van der Waals surface area contributed by atoms with Gasteiger partial charge in [0, 0.05) is 11.4 Å². The second-order valence-electron chi connectivity index (χ2n) is 5.92. The first-order valence-corrected chi connectivity index (χ1v) is 9.11. The Morgan fingerprint density at radius 2 is 1.80 bits per heavy atom. The minimum atomic E-state index is -0.392. The van der Waals surface area contributed by atoms with E-state index in [1.54, 1.807) is 0 Å². The number of ether oxygens (including phenoxy) is 1. The fourth-order valence-corrected chi connectivity index (χ4v) is 3.16. The Balaban J connectivity index is 1.71. The van der Waals surface area contributed by atoms with Gasteiger partial charge in [-0.2, -0.15) is 0 Å². The normalized spacial score (nSPS) is 10.4. The fraction of sp³-hybridized carbons (Fsp3) is 0.300. The van der Waals surface area contributed by atoms with Crippen LogP contribution in [0.3, 0.4) is 0 Å². The SMILES string of the molecule is Cc1ccc(C)c(SCC(=O)OCC(=O)NCc2ccccc2C)c1. The van der Waals surface area contributed by atoms with Gasteiger partial charge in [0.2, 0.25) is 0 Å². The smallest absolute Gasteiger partial charge is 0.316 e. The molecule has 0 aliphatic heterocycles. The quantitative estimate of drug-likeness (QED) is 0.608. The van der Waals surface area contributed by atoms with Crippen LogP contribution in [0.15, 0.2) is 47.4 Å². The van der Waals surface area contributed by atoms with E-state index in [4.69, 9.17) is 4.74 Å². The molecule has 4 nitrogen and oxygen atoms in total. The number of amides is 1. The number of hydrogen-bond donors (Lipinski definition) is 1. The number of nitrogens with one attached hydrogen (secondary N) is 1. The van der Waals surface area contributed by atoms with Gasteiger partial charge >= 0.3 is 5.97 Å². The molecular formula is C20H23NO3S. The van der Waals surface area contributed by atoms with Gasteiger partial charge in [-0.15, -0.1) is 11.8 Å². The highest BCUT2D eigenvalue weighted by molar-refractivity contribution is 8.00. The molecule has 0 spiro atoms.